The third kappa shape index (κ3) is 4.83. The number of carbonyl (C=O) groups excluding carboxylic acids is 2. The molecule has 1 fully saturated rings. The molecule has 1 amide bonds. The zero-order valence-corrected chi connectivity index (χ0v) is 19.6. The van der Waals surface area contributed by atoms with Gasteiger partial charge in [-0.25, -0.2) is 0 Å². The number of carbonyl (C=O) groups is 2. The molecule has 0 spiro atoms. The lowest BCUT2D eigenvalue weighted by molar-refractivity contribution is -0.140. The van der Waals surface area contributed by atoms with Crippen molar-refractivity contribution in [3.05, 3.63) is 69.7 Å². The predicted octanol–water partition coefficient (Wildman–Crippen LogP) is 4.22. The molecular formula is C24H27BrN2O4. The van der Waals surface area contributed by atoms with Crippen LogP contribution in [0.15, 0.2) is 58.6 Å². The summed E-state index contributed by atoms with van der Waals surface area (Å²) in [4.78, 5) is 29.8. The summed E-state index contributed by atoms with van der Waals surface area (Å²) in [5.41, 5.74) is 1.35. The lowest BCUT2D eigenvalue weighted by Gasteiger charge is -2.28. The SMILES string of the molecule is CCN(CC)CCN1C(=O)C(=O)/C(=C(/O)c2ccc(OC)cc2)[C@H]1c1ccc(Br)cc1. The molecular weight excluding hydrogens is 460 g/mol. The van der Waals surface area contributed by atoms with Gasteiger partial charge in [-0.15, -0.1) is 0 Å². The average molecular weight is 487 g/mol. The van der Waals surface area contributed by atoms with Crippen LogP contribution in [0.3, 0.4) is 0 Å². The first-order valence-electron chi connectivity index (χ1n) is 10.3. The largest absolute Gasteiger partial charge is 0.507 e. The van der Waals surface area contributed by atoms with Crippen LogP contribution in [0.25, 0.3) is 5.76 Å². The number of Topliss-reactive ketones (excluding diaryl/α,β-unsaturated/α-hetero) is 1. The van der Waals surface area contributed by atoms with Crippen molar-refractivity contribution in [2.24, 2.45) is 0 Å². The van der Waals surface area contributed by atoms with E-state index in [1.807, 2.05) is 24.3 Å². The van der Waals surface area contributed by atoms with Gasteiger partial charge in [-0.1, -0.05) is 41.9 Å². The van der Waals surface area contributed by atoms with Crippen LogP contribution in [-0.2, 0) is 9.59 Å². The summed E-state index contributed by atoms with van der Waals surface area (Å²) >= 11 is 3.43. The fraction of sp³-hybridized carbons (Fsp3) is 0.333. The van der Waals surface area contributed by atoms with Crippen LogP contribution in [0.2, 0.25) is 0 Å². The number of halogens is 1. The normalized spacial score (nSPS) is 18.1. The van der Waals surface area contributed by atoms with Gasteiger partial charge in [-0.3, -0.25) is 9.59 Å². The van der Waals surface area contributed by atoms with Crippen molar-refractivity contribution in [3.8, 4) is 5.75 Å². The summed E-state index contributed by atoms with van der Waals surface area (Å²) in [5, 5.41) is 11.1. The molecule has 1 heterocycles. The number of aliphatic hydroxyl groups is 1. The Morgan fingerprint density at radius 2 is 1.68 bits per heavy atom. The monoisotopic (exact) mass is 486 g/mol. The molecule has 2 aromatic rings. The summed E-state index contributed by atoms with van der Waals surface area (Å²) in [7, 11) is 1.56. The summed E-state index contributed by atoms with van der Waals surface area (Å²) in [6, 6.07) is 13.6. The standard InChI is InChI=1S/C24H27BrN2O4/c1-4-26(5-2)14-15-27-21(16-6-10-18(25)11-7-16)20(23(29)24(27)30)22(28)17-8-12-19(31-3)13-9-17/h6-13,21,28H,4-5,14-15H2,1-3H3/b22-20+/t21-/m1/s1. The maximum absolute atomic E-state index is 13.0. The number of benzene rings is 2. The minimum absolute atomic E-state index is 0.108. The number of ether oxygens (including phenoxy) is 1. The number of nitrogens with zero attached hydrogens (tertiary/aromatic N) is 2. The maximum Gasteiger partial charge on any atom is 0.295 e. The van der Waals surface area contributed by atoms with Crippen molar-refractivity contribution in [1.82, 2.24) is 9.80 Å². The molecule has 0 unspecified atom stereocenters. The van der Waals surface area contributed by atoms with Crippen molar-refractivity contribution in [2.45, 2.75) is 19.9 Å². The molecule has 1 atom stereocenters. The second kappa shape index (κ2) is 10.1. The minimum atomic E-state index is -0.666. The summed E-state index contributed by atoms with van der Waals surface area (Å²) in [5.74, 6) is -0.795. The molecule has 31 heavy (non-hydrogen) atoms. The molecule has 1 saturated heterocycles. The van der Waals surface area contributed by atoms with Crippen molar-refractivity contribution in [2.75, 3.05) is 33.3 Å². The Bertz CT molecular complexity index is 966. The molecule has 1 aliphatic heterocycles. The van der Waals surface area contributed by atoms with Crippen LogP contribution in [0.4, 0.5) is 0 Å². The van der Waals surface area contributed by atoms with Crippen molar-refractivity contribution < 1.29 is 19.4 Å². The quantitative estimate of drug-likeness (QED) is 0.343. The topological polar surface area (TPSA) is 70.1 Å². The number of amides is 1. The number of hydrogen-bond donors (Lipinski definition) is 1. The highest BCUT2D eigenvalue weighted by atomic mass is 79.9. The predicted molar refractivity (Wildman–Crippen MR) is 124 cm³/mol. The van der Waals surface area contributed by atoms with Gasteiger partial charge < -0.3 is 19.6 Å². The molecule has 0 saturated carbocycles. The van der Waals surface area contributed by atoms with Crippen LogP contribution in [-0.4, -0.2) is 59.9 Å². The molecule has 0 radical (unpaired) electrons. The van der Waals surface area contributed by atoms with Crippen molar-refractivity contribution in [3.63, 3.8) is 0 Å². The number of likely N-dealkylation sites (N-methyl/N-ethyl adjacent to an activating group) is 1. The Labute approximate surface area is 191 Å². The zero-order valence-electron chi connectivity index (χ0n) is 18.0. The highest BCUT2D eigenvalue weighted by molar-refractivity contribution is 9.10. The zero-order chi connectivity index (χ0) is 22.5. The summed E-state index contributed by atoms with van der Waals surface area (Å²) in [6.07, 6.45) is 0. The molecule has 0 aromatic heterocycles. The fourth-order valence-electron chi connectivity index (χ4n) is 3.80. The molecule has 7 heteroatoms. The Balaban J connectivity index is 2.07. The van der Waals surface area contributed by atoms with E-state index in [9.17, 15) is 14.7 Å². The van der Waals surface area contributed by atoms with Gasteiger partial charge in [0.2, 0.25) is 0 Å². The fourth-order valence-corrected chi connectivity index (χ4v) is 4.06. The molecule has 0 aliphatic carbocycles. The highest BCUT2D eigenvalue weighted by Gasteiger charge is 2.45. The molecule has 1 N–H and O–H groups in total. The van der Waals surface area contributed by atoms with E-state index in [4.69, 9.17) is 4.74 Å². The van der Waals surface area contributed by atoms with Gasteiger partial charge in [0.05, 0.1) is 18.7 Å². The Morgan fingerprint density at radius 3 is 2.23 bits per heavy atom. The number of ketones is 1. The van der Waals surface area contributed by atoms with Crippen molar-refractivity contribution >= 4 is 33.4 Å². The lowest BCUT2D eigenvalue weighted by atomic mass is 9.95. The van der Waals surface area contributed by atoms with Gasteiger partial charge in [0.1, 0.15) is 11.5 Å². The number of methoxy groups -OCH3 is 1. The number of aliphatic hydroxyl groups excluding tert-OH is 1. The maximum atomic E-state index is 13.0. The van der Waals surface area contributed by atoms with Gasteiger partial charge >= 0.3 is 0 Å². The molecule has 3 rings (SSSR count). The van der Waals surface area contributed by atoms with Gasteiger partial charge in [0.15, 0.2) is 0 Å². The molecule has 1 aliphatic rings. The number of likely N-dealkylation sites (tertiary alicyclic amines) is 1. The van der Waals surface area contributed by atoms with Gasteiger partial charge in [-0.05, 0) is 55.1 Å². The average Bonchev–Trinajstić information content (AvgIpc) is 3.05. The molecule has 0 bridgehead atoms. The van der Waals surface area contributed by atoms with Gasteiger partial charge in [0, 0.05) is 23.1 Å². The first-order chi connectivity index (χ1) is 14.9. The van der Waals surface area contributed by atoms with Crippen LogP contribution < -0.4 is 4.74 Å². The summed E-state index contributed by atoms with van der Waals surface area (Å²) < 4.78 is 6.07. The van der Waals surface area contributed by atoms with Gasteiger partial charge in [0.25, 0.3) is 11.7 Å². The van der Waals surface area contributed by atoms with E-state index < -0.39 is 17.7 Å². The molecule has 6 nitrogen and oxygen atoms in total. The van der Waals surface area contributed by atoms with Crippen LogP contribution in [0, 0.1) is 0 Å². The third-order valence-corrected chi connectivity index (χ3v) is 6.17. The molecule has 2 aromatic carbocycles. The minimum Gasteiger partial charge on any atom is -0.507 e. The van der Waals surface area contributed by atoms with Crippen LogP contribution in [0.1, 0.15) is 31.0 Å². The highest BCUT2D eigenvalue weighted by Crippen LogP contribution is 2.39. The van der Waals surface area contributed by atoms with E-state index in [1.54, 1.807) is 36.3 Å². The van der Waals surface area contributed by atoms with E-state index >= 15 is 0 Å². The second-order valence-electron chi connectivity index (χ2n) is 7.30. The second-order valence-corrected chi connectivity index (χ2v) is 8.22. The first kappa shape index (κ1) is 23.0. The van der Waals surface area contributed by atoms with Crippen molar-refractivity contribution in [1.29, 1.82) is 0 Å². The van der Waals surface area contributed by atoms with Gasteiger partial charge in [-0.2, -0.15) is 0 Å². The van der Waals surface area contributed by atoms with E-state index in [1.165, 1.54) is 0 Å². The number of rotatable bonds is 8. The first-order valence-corrected chi connectivity index (χ1v) is 11.1. The Hall–Kier alpha value is -2.64. The lowest BCUT2D eigenvalue weighted by Crippen LogP contribution is -2.38. The summed E-state index contributed by atoms with van der Waals surface area (Å²) in [6.45, 7) is 6.88. The third-order valence-electron chi connectivity index (χ3n) is 5.64. The van der Waals surface area contributed by atoms with E-state index in [-0.39, 0.29) is 11.3 Å². The Morgan fingerprint density at radius 1 is 1.06 bits per heavy atom. The van der Waals surface area contributed by atoms with Crippen LogP contribution in [0.5, 0.6) is 5.75 Å². The molecule has 164 valence electrons. The smallest absolute Gasteiger partial charge is 0.295 e. The van der Waals surface area contributed by atoms with E-state index in [2.05, 4.69) is 34.7 Å². The van der Waals surface area contributed by atoms with Crippen LogP contribution >= 0.6 is 15.9 Å². The Kier molecular flexibility index (Phi) is 7.51. The van der Waals surface area contributed by atoms with E-state index in [0.29, 0.717) is 24.4 Å². The number of hydrogen-bond acceptors (Lipinski definition) is 5. The van der Waals surface area contributed by atoms with E-state index in [0.717, 1.165) is 23.1 Å².